The molecule has 1 aliphatic heterocycles. The van der Waals surface area contributed by atoms with Crippen LogP contribution in [0.25, 0.3) is 16.9 Å². The molecule has 2 aromatic carbocycles. The van der Waals surface area contributed by atoms with Crippen molar-refractivity contribution >= 4 is 17.2 Å². The predicted octanol–water partition coefficient (Wildman–Crippen LogP) is 4.85. The van der Waals surface area contributed by atoms with Gasteiger partial charge in [-0.3, -0.25) is 9.69 Å². The molecular formula is C27H27FN4O2S. The standard InChI is InChI=1S/C27H27FN4O2S/c1-19-4-6-20(7-5-19)26-23(18-32(30-26)22-10-8-21(28)9-11-22)27(33)29-17-24(25-3-2-16-35-25)31-12-14-34-15-13-31/h2-11,16,18,24H,12-15,17H2,1H3,(H,29,33)/t24-/m0/s1. The van der Waals surface area contributed by atoms with Gasteiger partial charge in [0.2, 0.25) is 0 Å². The molecule has 1 atom stereocenters. The number of benzene rings is 2. The molecule has 1 amide bonds. The summed E-state index contributed by atoms with van der Waals surface area (Å²) < 4.78 is 20.6. The van der Waals surface area contributed by atoms with Crippen LogP contribution < -0.4 is 5.32 Å². The number of halogens is 1. The lowest BCUT2D eigenvalue weighted by Crippen LogP contribution is -2.43. The van der Waals surface area contributed by atoms with E-state index in [1.807, 2.05) is 37.3 Å². The summed E-state index contributed by atoms with van der Waals surface area (Å²) in [6.07, 6.45) is 1.71. The average Bonchev–Trinajstić information content (AvgIpc) is 3.57. The zero-order valence-corrected chi connectivity index (χ0v) is 20.3. The maximum absolute atomic E-state index is 13.5. The predicted molar refractivity (Wildman–Crippen MR) is 135 cm³/mol. The van der Waals surface area contributed by atoms with Crippen LogP contribution in [0.3, 0.4) is 0 Å². The minimum Gasteiger partial charge on any atom is -0.379 e. The van der Waals surface area contributed by atoms with Gasteiger partial charge in [0, 0.05) is 36.3 Å². The van der Waals surface area contributed by atoms with E-state index in [1.165, 1.54) is 17.0 Å². The van der Waals surface area contributed by atoms with E-state index in [-0.39, 0.29) is 17.8 Å². The molecule has 1 saturated heterocycles. The van der Waals surface area contributed by atoms with Gasteiger partial charge in [-0.05, 0) is 42.6 Å². The number of rotatable bonds is 7. The molecule has 2 aromatic heterocycles. The molecule has 0 bridgehead atoms. The van der Waals surface area contributed by atoms with Crippen molar-refractivity contribution in [1.29, 1.82) is 0 Å². The lowest BCUT2D eigenvalue weighted by Gasteiger charge is -2.34. The molecule has 6 nitrogen and oxygen atoms in total. The Labute approximate surface area is 208 Å². The number of carbonyl (C=O) groups excluding carboxylic acids is 1. The van der Waals surface area contributed by atoms with E-state index in [2.05, 4.69) is 21.7 Å². The number of nitrogens with one attached hydrogen (secondary N) is 1. The third-order valence-electron chi connectivity index (χ3n) is 6.19. The van der Waals surface area contributed by atoms with Crippen LogP contribution in [0.5, 0.6) is 0 Å². The third kappa shape index (κ3) is 5.35. The van der Waals surface area contributed by atoms with Crippen LogP contribution in [-0.2, 0) is 4.74 Å². The van der Waals surface area contributed by atoms with E-state index in [0.717, 1.165) is 24.2 Å². The summed E-state index contributed by atoms with van der Waals surface area (Å²) in [6, 6.07) is 18.2. The lowest BCUT2D eigenvalue weighted by molar-refractivity contribution is 0.0169. The molecule has 35 heavy (non-hydrogen) atoms. The van der Waals surface area contributed by atoms with Crippen LogP contribution in [0.2, 0.25) is 0 Å². The number of aromatic nitrogens is 2. The molecular weight excluding hydrogens is 463 g/mol. The fourth-order valence-corrected chi connectivity index (χ4v) is 5.12. The van der Waals surface area contributed by atoms with E-state index in [4.69, 9.17) is 9.84 Å². The van der Waals surface area contributed by atoms with Gasteiger partial charge >= 0.3 is 0 Å². The molecule has 1 aliphatic rings. The number of hydrogen-bond acceptors (Lipinski definition) is 5. The molecule has 8 heteroatoms. The highest BCUT2D eigenvalue weighted by Crippen LogP contribution is 2.27. The second-order valence-corrected chi connectivity index (χ2v) is 9.55. The molecule has 180 valence electrons. The molecule has 0 unspecified atom stereocenters. The first-order valence-electron chi connectivity index (χ1n) is 11.6. The highest BCUT2D eigenvalue weighted by Gasteiger charge is 2.25. The van der Waals surface area contributed by atoms with E-state index < -0.39 is 0 Å². The topological polar surface area (TPSA) is 59.4 Å². The molecule has 0 spiro atoms. The Kier molecular flexibility index (Phi) is 7.03. The Bertz CT molecular complexity index is 1260. The number of amides is 1. The third-order valence-corrected chi connectivity index (χ3v) is 7.16. The van der Waals surface area contributed by atoms with Crippen molar-refractivity contribution in [1.82, 2.24) is 20.0 Å². The smallest absolute Gasteiger partial charge is 0.255 e. The van der Waals surface area contributed by atoms with Crippen molar-refractivity contribution in [2.45, 2.75) is 13.0 Å². The van der Waals surface area contributed by atoms with Gasteiger partial charge in [0.25, 0.3) is 5.91 Å². The van der Waals surface area contributed by atoms with Gasteiger partial charge in [-0.1, -0.05) is 35.9 Å². The van der Waals surface area contributed by atoms with E-state index >= 15 is 0 Å². The van der Waals surface area contributed by atoms with Crippen LogP contribution in [-0.4, -0.2) is 53.4 Å². The number of thiophene rings is 1. The van der Waals surface area contributed by atoms with E-state index in [0.29, 0.717) is 36.7 Å². The van der Waals surface area contributed by atoms with E-state index in [1.54, 1.807) is 34.3 Å². The number of carbonyl (C=O) groups is 1. The number of ether oxygens (including phenoxy) is 1. The molecule has 0 aliphatic carbocycles. The average molecular weight is 491 g/mol. The first-order valence-corrected chi connectivity index (χ1v) is 12.5. The van der Waals surface area contributed by atoms with Gasteiger partial charge < -0.3 is 10.1 Å². The van der Waals surface area contributed by atoms with Crippen LogP contribution in [0.4, 0.5) is 4.39 Å². The largest absolute Gasteiger partial charge is 0.379 e. The fraction of sp³-hybridized carbons (Fsp3) is 0.259. The molecule has 1 fully saturated rings. The quantitative estimate of drug-likeness (QED) is 0.402. The summed E-state index contributed by atoms with van der Waals surface area (Å²) >= 11 is 1.70. The summed E-state index contributed by atoms with van der Waals surface area (Å²) in [5.41, 5.74) is 3.73. The van der Waals surface area contributed by atoms with Crippen LogP contribution >= 0.6 is 11.3 Å². The van der Waals surface area contributed by atoms with Gasteiger partial charge in [-0.25, -0.2) is 9.07 Å². The molecule has 3 heterocycles. The second-order valence-electron chi connectivity index (χ2n) is 8.57. The van der Waals surface area contributed by atoms with Crippen molar-refractivity contribution in [2.24, 2.45) is 0 Å². The summed E-state index contributed by atoms with van der Waals surface area (Å²) in [5, 5.41) is 9.92. The number of morpholine rings is 1. The first kappa shape index (κ1) is 23.4. The van der Waals surface area contributed by atoms with Crippen molar-refractivity contribution in [3.8, 4) is 16.9 Å². The summed E-state index contributed by atoms with van der Waals surface area (Å²) in [4.78, 5) is 17.1. The number of aryl methyl sites for hydroxylation is 1. The SMILES string of the molecule is Cc1ccc(-c2nn(-c3ccc(F)cc3)cc2C(=O)NC[C@@H](c2cccs2)N2CCOCC2)cc1. The van der Waals surface area contributed by atoms with Crippen molar-refractivity contribution < 1.29 is 13.9 Å². The second kappa shape index (κ2) is 10.5. The number of nitrogens with zero attached hydrogens (tertiary/aromatic N) is 3. The van der Waals surface area contributed by atoms with Crippen LogP contribution in [0, 0.1) is 12.7 Å². The molecule has 5 rings (SSSR count). The van der Waals surface area contributed by atoms with Gasteiger partial charge in [-0.15, -0.1) is 11.3 Å². The zero-order chi connectivity index (χ0) is 24.2. The minimum absolute atomic E-state index is 0.0813. The van der Waals surface area contributed by atoms with Crippen LogP contribution in [0.15, 0.2) is 72.2 Å². The zero-order valence-electron chi connectivity index (χ0n) is 19.5. The highest BCUT2D eigenvalue weighted by molar-refractivity contribution is 7.10. The monoisotopic (exact) mass is 490 g/mol. The number of hydrogen-bond donors (Lipinski definition) is 1. The van der Waals surface area contributed by atoms with Gasteiger partial charge in [0.1, 0.15) is 11.5 Å². The molecule has 4 aromatic rings. The summed E-state index contributed by atoms with van der Waals surface area (Å²) in [6.45, 7) is 5.54. The van der Waals surface area contributed by atoms with E-state index in [9.17, 15) is 9.18 Å². The minimum atomic E-state index is -0.319. The fourth-order valence-electron chi connectivity index (χ4n) is 4.26. The summed E-state index contributed by atoms with van der Waals surface area (Å²) in [7, 11) is 0. The Morgan fingerprint density at radius 1 is 1.11 bits per heavy atom. The summed E-state index contributed by atoms with van der Waals surface area (Å²) in [5.74, 6) is -0.510. The molecule has 1 N–H and O–H groups in total. The Morgan fingerprint density at radius 3 is 2.54 bits per heavy atom. The van der Waals surface area contributed by atoms with Gasteiger partial charge in [-0.2, -0.15) is 5.10 Å². The molecule has 0 radical (unpaired) electrons. The maximum atomic E-state index is 13.5. The normalized spacial score (nSPS) is 15.1. The Morgan fingerprint density at radius 2 is 1.86 bits per heavy atom. The Hall–Kier alpha value is -3.33. The highest BCUT2D eigenvalue weighted by atomic mass is 32.1. The Balaban J connectivity index is 1.43. The van der Waals surface area contributed by atoms with Crippen LogP contribution in [0.1, 0.15) is 26.8 Å². The van der Waals surface area contributed by atoms with Crippen molar-refractivity contribution in [3.05, 3.63) is 94.1 Å². The molecule has 0 saturated carbocycles. The lowest BCUT2D eigenvalue weighted by atomic mass is 10.1. The van der Waals surface area contributed by atoms with Crippen molar-refractivity contribution in [2.75, 3.05) is 32.8 Å². The van der Waals surface area contributed by atoms with Crippen molar-refractivity contribution in [3.63, 3.8) is 0 Å². The maximum Gasteiger partial charge on any atom is 0.255 e. The van der Waals surface area contributed by atoms with Gasteiger partial charge in [0.05, 0.1) is 30.5 Å². The first-order chi connectivity index (χ1) is 17.1. The van der Waals surface area contributed by atoms with Gasteiger partial charge in [0.15, 0.2) is 0 Å².